The number of Topliss-reactive ketones (excluding diaryl/α,β-unsaturated/α-hetero) is 1. The van der Waals surface area contributed by atoms with E-state index in [1.54, 1.807) is 0 Å². The van der Waals surface area contributed by atoms with Crippen LogP contribution >= 0.6 is 0 Å². The Labute approximate surface area is 72.0 Å². The molecule has 0 bridgehead atoms. The van der Waals surface area contributed by atoms with E-state index in [0.717, 1.165) is 37.9 Å². The van der Waals surface area contributed by atoms with Crippen molar-refractivity contribution in [2.75, 3.05) is 6.54 Å². The Hall–Kier alpha value is -0.700. The number of aliphatic imine (C=N–C) groups is 1. The Kier molecular flexibility index (Phi) is 1.76. The second-order valence-corrected chi connectivity index (χ2v) is 3.68. The van der Waals surface area contributed by atoms with E-state index < -0.39 is 5.54 Å². The first kappa shape index (κ1) is 7.92. The molecule has 3 heteroatoms. The molecule has 1 fully saturated rings. The van der Waals surface area contributed by atoms with E-state index in [0.29, 0.717) is 6.42 Å². The maximum Gasteiger partial charge on any atom is 0.158 e. The van der Waals surface area contributed by atoms with Crippen LogP contribution in [0.25, 0.3) is 0 Å². The molecule has 1 heterocycles. The number of nitrogens with two attached hydrogens (primary N) is 1. The van der Waals surface area contributed by atoms with E-state index in [2.05, 4.69) is 4.99 Å². The highest BCUT2D eigenvalue weighted by atomic mass is 16.1. The number of hydrogen-bond acceptors (Lipinski definition) is 3. The van der Waals surface area contributed by atoms with Gasteiger partial charge in [-0.3, -0.25) is 9.79 Å². The van der Waals surface area contributed by atoms with Crippen molar-refractivity contribution in [3.05, 3.63) is 0 Å². The Bertz CT molecular complexity index is 247. The molecule has 0 radical (unpaired) electrons. The zero-order valence-corrected chi connectivity index (χ0v) is 7.18. The molecule has 0 saturated heterocycles. The van der Waals surface area contributed by atoms with Crippen molar-refractivity contribution in [2.45, 2.75) is 37.6 Å². The van der Waals surface area contributed by atoms with E-state index in [1.807, 2.05) is 0 Å². The third kappa shape index (κ3) is 1.00. The van der Waals surface area contributed by atoms with Crippen molar-refractivity contribution in [1.29, 1.82) is 0 Å². The monoisotopic (exact) mass is 166 g/mol. The van der Waals surface area contributed by atoms with Crippen LogP contribution in [0.5, 0.6) is 0 Å². The van der Waals surface area contributed by atoms with Gasteiger partial charge in [-0.2, -0.15) is 0 Å². The van der Waals surface area contributed by atoms with Crippen LogP contribution in [0.2, 0.25) is 0 Å². The SMILES string of the molecule is NC12CCCN=C1CCCC2=O. The van der Waals surface area contributed by atoms with Gasteiger partial charge in [0.1, 0.15) is 5.54 Å². The van der Waals surface area contributed by atoms with Crippen molar-refractivity contribution in [3.8, 4) is 0 Å². The Balaban J connectivity index is 2.34. The minimum absolute atomic E-state index is 0.201. The lowest BCUT2D eigenvalue weighted by Gasteiger charge is -2.36. The lowest BCUT2D eigenvalue weighted by atomic mass is 9.75. The fourth-order valence-corrected chi connectivity index (χ4v) is 2.10. The topological polar surface area (TPSA) is 55.4 Å². The minimum Gasteiger partial charge on any atom is -0.314 e. The van der Waals surface area contributed by atoms with Crippen molar-refractivity contribution >= 4 is 11.5 Å². The van der Waals surface area contributed by atoms with Gasteiger partial charge >= 0.3 is 0 Å². The summed E-state index contributed by atoms with van der Waals surface area (Å²) in [7, 11) is 0. The average Bonchev–Trinajstić information content (AvgIpc) is 2.07. The van der Waals surface area contributed by atoms with E-state index in [9.17, 15) is 4.79 Å². The molecule has 0 amide bonds. The Morgan fingerprint density at radius 1 is 1.33 bits per heavy atom. The summed E-state index contributed by atoms with van der Waals surface area (Å²) in [5.41, 5.74) is 6.33. The normalized spacial score (nSPS) is 35.8. The third-order valence-electron chi connectivity index (χ3n) is 2.86. The molecule has 1 aliphatic heterocycles. The molecule has 1 atom stereocenters. The Morgan fingerprint density at radius 3 is 2.92 bits per heavy atom. The van der Waals surface area contributed by atoms with Crippen LogP contribution in [-0.2, 0) is 4.79 Å². The summed E-state index contributed by atoms with van der Waals surface area (Å²) < 4.78 is 0. The van der Waals surface area contributed by atoms with E-state index in [1.165, 1.54) is 0 Å². The van der Waals surface area contributed by atoms with Crippen LogP contribution in [0.1, 0.15) is 32.1 Å². The van der Waals surface area contributed by atoms with E-state index in [4.69, 9.17) is 5.73 Å². The molecule has 66 valence electrons. The summed E-state index contributed by atoms with van der Waals surface area (Å²) in [4.78, 5) is 15.9. The summed E-state index contributed by atoms with van der Waals surface area (Å²) in [6.45, 7) is 0.863. The smallest absolute Gasteiger partial charge is 0.158 e. The summed E-state index contributed by atoms with van der Waals surface area (Å²) in [5.74, 6) is 0.201. The first-order valence-corrected chi connectivity index (χ1v) is 4.59. The fourth-order valence-electron chi connectivity index (χ4n) is 2.10. The molecule has 0 aromatic rings. The quantitative estimate of drug-likeness (QED) is 0.575. The summed E-state index contributed by atoms with van der Waals surface area (Å²) in [6, 6.07) is 0. The molecular weight excluding hydrogens is 152 g/mol. The van der Waals surface area contributed by atoms with Gasteiger partial charge in [-0.05, 0) is 25.7 Å². The predicted octanol–water partition coefficient (Wildman–Crippen LogP) is 0.672. The van der Waals surface area contributed by atoms with Crippen LogP contribution in [0.3, 0.4) is 0 Å². The lowest BCUT2D eigenvalue weighted by molar-refractivity contribution is -0.123. The molecule has 0 spiro atoms. The van der Waals surface area contributed by atoms with Gasteiger partial charge in [0.05, 0.1) is 0 Å². The average molecular weight is 166 g/mol. The van der Waals surface area contributed by atoms with E-state index in [-0.39, 0.29) is 5.78 Å². The fraction of sp³-hybridized carbons (Fsp3) is 0.778. The largest absolute Gasteiger partial charge is 0.314 e. The van der Waals surface area contributed by atoms with E-state index >= 15 is 0 Å². The molecule has 1 unspecified atom stereocenters. The van der Waals surface area contributed by atoms with Crippen molar-refractivity contribution < 1.29 is 4.79 Å². The van der Waals surface area contributed by atoms with Crippen LogP contribution in [0.4, 0.5) is 0 Å². The molecule has 1 aliphatic carbocycles. The van der Waals surface area contributed by atoms with Gasteiger partial charge in [0.2, 0.25) is 0 Å². The van der Waals surface area contributed by atoms with Gasteiger partial charge in [-0.1, -0.05) is 0 Å². The zero-order chi connectivity index (χ0) is 8.60. The number of ketones is 1. The summed E-state index contributed by atoms with van der Waals surface area (Å²) >= 11 is 0. The molecule has 1 saturated carbocycles. The number of nitrogens with zero attached hydrogens (tertiary/aromatic N) is 1. The maximum atomic E-state index is 11.5. The lowest BCUT2D eigenvalue weighted by Crippen LogP contribution is -2.58. The highest BCUT2D eigenvalue weighted by Crippen LogP contribution is 2.27. The number of carbonyl (C=O) groups excluding carboxylic acids is 1. The van der Waals surface area contributed by atoms with Gasteiger partial charge in [-0.15, -0.1) is 0 Å². The standard InChI is InChI=1S/C9H14N2O/c10-9-5-2-6-11-7(9)3-1-4-8(9)12/h1-6,10H2. The Morgan fingerprint density at radius 2 is 2.17 bits per heavy atom. The van der Waals surface area contributed by atoms with Gasteiger partial charge in [0, 0.05) is 18.7 Å². The molecule has 2 rings (SSSR count). The van der Waals surface area contributed by atoms with Crippen LogP contribution in [-0.4, -0.2) is 23.6 Å². The highest BCUT2D eigenvalue weighted by Gasteiger charge is 2.41. The van der Waals surface area contributed by atoms with Gasteiger partial charge in [0.15, 0.2) is 5.78 Å². The van der Waals surface area contributed by atoms with Gasteiger partial charge < -0.3 is 5.73 Å². The van der Waals surface area contributed by atoms with Crippen LogP contribution in [0, 0.1) is 0 Å². The summed E-state index contributed by atoms with van der Waals surface area (Å²) in [5, 5.41) is 0. The van der Waals surface area contributed by atoms with Crippen LogP contribution < -0.4 is 5.73 Å². The first-order chi connectivity index (χ1) is 5.73. The highest BCUT2D eigenvalue weighted by molar-refractivity contribution is 6.15. The third-order valence-corrected chi connectivity index (χ3v) is 2.86. The molecule has 0 aromatic carbocycles. The minimum atomic E-state index is -0.656. The van der Waals surface area contributed by atoms with Gasteiger partial charge in [0.25, 0.3) is 0 Å². The number of rotatable bonds is 0. The molecule has 0 aromatic heterocycles. The first-order valence-electron chi connectivity index (χ1n) is 4.59. The zero-order valence-electron chi connectivity index (χ0n) is 7.18. The predicted molar refractivity (Wildman–Crippen MR) is 47.3 cm³/mol. The van der Waals surface area contributed by atoms with Crippen molar-refractivity contribution in [2.24, 2.45) is 10.7 Å². The molecule has 2 N–H and O–H groups in total. The molecule has 2 aliphatic rings. The van der Waals surface area contributed by atoms with Gasteiger partial charge in [-0.25, -0.2) is 0 Å². The second-order valence-electron chi connectivity index (χ2n) is 3.68. The molecule has 12 heavy (non-hydrogen) atoms. The number of hydrogen-bond donors (Lipinski definition) is 1. The van der Waals surface area contributed by atoms with Crippen molar-refractivity contribution in [1.82, 2.24) is 0 Å². The molecular formula is C9H14N2O. The molecule has 3 nitrogen and oxygen atoms in total. The number of fused-ring (bicyclic) bond motifs is 1. The van der Waals surface area contributed by atoms with Crippen LogP contribution in [0.15, 0.2) is 4.99 Å². The number of carbonyl (C=O) groups is 1. The summed E-state index contributed by atoms with van der Waals surface area (Å²) in [6.07, 6.45) is 4.30. The maximum absolute atomic E-state index is 11.5. The van der Waals surface area contributed by atoms with Crippen molar-refractivity contribution in [3.63, 3.8) is 0 Å². The second kappa shape index (κ2) is 2.66.